The summed E-state index contributed by atoms with van der Waals surface area (Å²) in [6, 6.07) is 12.9. The van der Waals surface area contributed by atoms with Crippen molar-refractivity contribution >= 4 is 38.9 Å². The van der Waals surface area contributed by atoms with E-state index in [9.17, 15) is 17.6 Å². The largest absolute Gasteiger partial charge is 0.488 e. The van der Waals surface area contributed by atoms with Crippen LogP contribution in [0.15, 0.2) is 53.4 Å². The van der Waals surface area contributed by atoms with Crippen molar-refractivity contribution in [2.75, 3.05) is 26.2 Å². The number of amides is 1. The normalized spacial score (nSPS) is 16.2. The van der Waals surface area contributed by atoms with Crippen LogP contribution in [0, 0.1) is 5.82 Å². The van der Waals surface area contributed by atoms with Crippen LogP contribution in [0.2, 0.25) is 5.02 Å². The molecule has 0 bridgehead atoms. The molecular weight excluding hydrogens is 475 g/mol. The Hall–Kier alpha value is -2.46. The minimum atomic E-state index is -3.82. The van der Waals surface area contributed by atoms with Gasteiger partial charge in [0, 0.05) is 42.2 Å². The van der Waals surface area contributed by atoms with Gasteiger partial charge < -0.3 is 9.64 Å². The predicted molar refractivity (Wildman–Crippen MR) is 120 cm³/mol. The fourth-order valence-corrected chi connectivity index (χ4v) is 6.74. The number of sulfonamides is 1. The second-order valence-electron chi connectivity index (χ2n) is 7.52. The molecule has 1 amide bonds. The van der Waals surface area contributed by atoms with Gasteiger partial charge in [0.15, 0.2) is 0 Å². The summed E-state index contributed by atoms with van der Waals surface area (Å²) < 4.78 is 46.2. The summed E-state index contributed by atoms with van der Waals surface area (Å²) in [4.78, 5) is 16.3. The summed E-state index contributed by atoms with van der Waals surface area (Å²) in [5.41, 5.74) is 1.96. The summed E-state index contributed by atoms with van der Waals surface area (Å²) >= 11 is 7.18. The van der Waals surface area contributed by atoms with Crippen molar-refractivity contribution in [3.8, 4) is 16.2 Å². The summed E-state index contributed by atoms with van der Waals surface area (Å²) in [5.74, 6) is 0.0111. The van der Waals surface area contributed by atoms with E-state index in [1.165, 1.54) is 21.7 Å². The smallest absolute Gasteiger partial charge is 0.264 e. The Morgan fingerprint density at radius 2 is 1.81 bits per heavy atom. The maximum Gasteiger partial charge on any atom is 0.264 e. The molecule has 0 aliphatic carbocycles. The maximum absolute atomic E-state index is 13.4. The molecule has 5 rings (SSSR count). The third-order valence-electron chi connectivity index (χ3n) is 5.59. The lowest BCUT2D eigenvalue weighted by Gasteiger charge is -2.33. The van der Waals surface area contributed by atoms with Crippen LogP contribution in [-0.2, 0) is 16.6 Å². The molecule has 3 heterocycles. The van der Waals surface area contributed by atoms with E-state index in [4.69, 9.17) is 16.3 Å². The molecule has 166 valence electrons. The fourth-order valence-electron chi connectivity index (χ4n) is 3.88. The van der Waals surface area contributed by atoms with E-state index in [-0.39, 0.29) is 42.0 Å². The Balaban J connectivity index is 1.31. The number of fused-ring (bicyclic) bond motifs is 3. The van der Waals surface area contributed by atoms with E-state index in [1.54, 1.807) is 4.90 Å². The number of carbonyl (C=O) groups excluding carboxylic acids is 1. The number of nitrogens with zero attached hydrogens (tertiary/aromatic N) is 2. The number of benzene rings is 2. The number of rotatable bonds is 3. The predicted octanol–water partition coefficient (Wildman–Crippen LogP) is 4.25. The summed E-state index contributed by atoms with van der Waals surface area (Å²) in [6.07, 6.45) is 0. The lowest BCUT2D eigenvalue weighted by molar-refractivity contribution is 0.0702. The summed E-state index contributed by atoms with van der Waals surface area (Å²) in [7, 11) is -3.82. The van der Waals surface area contributed by atoms with Gasteiger partial charge in [-0.1, -0.05) is 23.7 Å². The minimum absolute atomic E-state index is 0.0618. The first-order valence-electron chi connectivity index (χ1n) is 9.94. The number of piperazine rings is 1. The number of ether oxygens (including phenoxy) is 1. The van der Waals surface area contributed by atoms with Crippen molar-refractivity contribution < 1.29 is 22.3 Å². The number of hydrogen-bond donors (Lipinski definition) is 0. The molecule has 3 aromatic rings. The van der Waals surface area contributed by atoms with Crippen LogP contribution in [-0.4, -0.2) is 49.7 Å². The summed E-state index contributed by atoms with van der Waals surface area (Å²) in [6.45, 7) is 1.26. The van der Waals surface area contributed by atoms with E-state index in [2.05, 4.69) is 0 Å². The van der Waals surface area contributed by atoms with E-state index in [1.807, 2.05) is 30.3 Å². The van der Waals surface area contributed by atoms with E-state index in [0.717, 1.165) is 33.9 Å². The zero-order valence-electron chi connectivity index (χ0n) is 16.8. The molecule has 6 nitrogen and oxygen atoms in total. The molecule has 0 N–H and O–H groups in total. The fraction of sp³-hybridized carbons (Fsp3) is 0.227. The zero-order chi connectivity index (χ0) is 22.5. The molecule has 0 saturated carbocycles. The molecular formula is C22H18ClFN2O4S2. The third kappa shape index (κ3) is 3.69. The third-order valence-corrected chi connectivity index (χ3v) is 8.97. The van der Waals surface area contributed by atoms with Crippen LogP contribution < -0.4 is 4.74 Å². The van der Waals surface area contributed by atoms with Crippen LogP contribution in [0.25, 0.3) is 10.4 Å². The highest BCUT2D eigenvalue weighted by Gasteiger charge is 2.32. The maximum atomic E-state index is 13.4. The molecule has 2 aliphatic rings. The van der Waals surface area contributed by atoms with Crippen molar-refractivity contribution in [2.45, 2.75) is 11.5 Å². The Kier molecular flexibility index (Phi) is 5.45. The van der Waals surface area contributed by atoms with Crippen LogP contribution >= 0.6 is 22.9 Å². The van der Waals surface area contributed by atoms with Crippen molar-refractivity contribution in [1.82, 2.24) is 9.21 Å². The lowest BCUT2D eigenvalue weighted by atomic mass is 10.1. The highest BCUT2D eigenvalue weighted by Crippen LogP contribution is 2.42. The molecule has 1 aromatic heterocycles. The average Bonchev–Trinajstić information content (AvgIpc) is 3.25. The highest BCUT2D eigenvalue weighted by atomic mass is 35.5. The van der Waals surface area contributed by atoms with Gasteiger partial charge in [0.1, 0.15) is 18.2 Å². The monoisotopic (exact) mass is 492 g/mol. The standard InChI is InChI=1S/C22H18ClFN2O4S2/c23-17-12-15(5-6-18(17)24)32(28,29)26-9-7-25(8-10-26)22(27)20-11-14-13-30-19-4-2-1-3-16(19)21(14)31-20/h1-6,11-12H,7-10,13H2. The van der Waals surface area contributed by atoms with E-state index >= 15 is 0 Å². The quantitative estimate of drug-likeness (QED) is 0.548. The summed E-state index contributed by atoms with van der Waals surface area (Å²) in [5, 5.41) is -0.243. The highest BCUT2D eigenvalue weighted by molar-refractivity contribution is 7.89. The van der Waals surface area contributed by atoms with Crippen molar-refractivity contribution in [1.29, 1.82) is 0 Å². The molecule has 0 spiro atoms. The first-order valence-corrected chi connectivity index (χ1v) is 12.6. The Labute approximate surface area is 193 Å². The number of carbonyl (C=O) groups is 1. The van der Waals surface area contributed by atoms with Gasteiger partial charge in [0.25, 0.3) is 5.91 Å². The number of hydrogen-bond acceptors (Lipinski definition) is 5. The van der Waals surface area contributed by atoms with Gasteiger partial charge in [-0.2, -0.15) is 4.31 Å². The minimum Gasteiger partial charge on any atom is -0.488 e. The molecule has 1 fully saturated rings. The lowest BCUT2D eigenvalue weighted by Crippen LogP contribution is -2.50. The number of thiophene rings is 1. The van der Waals surface area contributed by atoms with Gasteiger partial charge in [-0.15, -0.1) is 11.3 Å². The van der Waals surface area contributed by atoms with Gasteiger partial charge in [-0.25, -0.2) is 12.8 Å². The molecule has 10 heteroatoms. The van der Waals surface area contributed by atoms with Gasteiger partial charge >= 0.3 is 0 Å². The van der Waals surface area contributed by atoms with Crippen LogP contribution in [0.4, 0.5) is 4.39 Å². The molecule has 0 radical (unpaired) electrons. The number of para-hydroxylation sites is 1. The van der Waals surface area contributed by atoms with Crippen molar-refractivity contribution in [3.63, 3.8) is 0 Å². The van der Waals surface area contributed by atoms with Gasteiger partial charge in [0.2, 0.25) is 10.0 Å². The first kappa shape index (κ1) is 21.4. The van der Waals surface area contributed by atoms with Crippen molar-refractivity contribution in [2.24, 2.45) is 0 Å². The van der Waals surface area contributed by atoms with Gasteiger partial charge in [-0.05, 0) is 36.4 Å². The molecule has 32 heavy (non-hydrogen) atoms. The second kappa shape index (κ2) is 8.15. The Morgan fingerprint density at radius 1 is 1.06 bits per heavy atom. The van der Waals surface area contributed by atoms with Crippen LogP contribution in [0.1, 0.15) is 15.2 Å². The first-order chi connectivity index (χ1) is 15.3. The number of halogens is 2. The molecule has 0 unspecified atom stereocenters. The molecule has 1 saturated heterocycles. The van der Waals surface area contributed by atoms with Gasteiger partial charge in [-0.3, -0.25) is 4.79 Å². The zero-order valence-corrected chi connectivity index (χ0v) is 19.1. The van der Waals surface area contributed by atoms with Crippen LogP contribution in [0.3, 0.4) is 0 Å². The van der Waals surface area contributed by atoms with E-state index in [0.29, 0.717) is 11.5 Å². The van der Waals surface area contributed by atoms with Crippen LogP contribution in [0.5, 0.6) is 5.75 Å². The SMILES string of the molecule is O=C(c1cc2c(s1)-c1ccccc1OC2)N1CCN(S(=O)(=O)c2ccc(F)c(Cl)c2)CC1. The molecule has 2 aromatic carbocycles. The van der Waals surface area contributed by atoms with Crippen molar-refractivity contribution in [3.05, 3.63) is 69.8 Å². The Morgan fingerprint density at radius 3 is 2.56 bits per heavy atom. The molecule has 2 aliphatic heterocycles. The average molecular weight is 493 g/mol. The molecule has 0 atom stereocenters. The second-order valence-corrected chi connectivity index (χ2v) is 10.9. The van der Waals surface area contributed by atoms with Gasteiger partial charge in [0.05, 0.1) is 14.8 Å². The van der Waals surface area contributed by atoms with E-state index < -0.39 is 15.8 Å². The Bertz CT molecular complexity index is 1320. The topological polar surface area (TPSA) is 66.9 Å².